The Kier molecular flexibility index (Phi) is 5.58. The van der Waals surface area contributed by atoms with Crippen LogP contribution in [0.25, 0.3) is 0 Å². The smallest absolute Gasteiger partial charge is 0.395 e. The molecule has 1 aliphatic rings. The highest BCUT2D eigenvalue weighted by Crippen LogP contribution is 2.31. The summed E-state index contributed by atoms with van der Waals surface area (Å²) < 4.78 is 4.95. The fourth-order valence-corrected chi connectivity index (χ4v) is 3.19. The van der Waals surface area contributed by atoms with Crippen LogP contribution in [0.15, 0.2) is 16.5 Å². The molecule has 1 aromatic heterocycles. The molecule has 0 saturated heterocycles. The van der Waals surface area contributed by atoms with Crippen molar-refractivity contribution >= 4 is 17.7 Å². The number of hydrogen-bond donors (Lipinski definition) is 1. The number of likely N-dealkylation sites (N-methyl/N-ethyl adjacent to an activating group) is 1. The number of nitro groups is 1. The molecule has 2 amide bonds. The number of carbonyl (C=O) groups excluding carboxylic acids is 2. The maximum Gasteiger partial charge on any atom is 0.433 e. The Morgan fingerprint density at radius 3 is 2.38 bits per heavy atom. The molecule has 0 radical (unpaired) electrons. The summed E-state index contributed by atoms with van der Waals surface area (Å²) in [6.07, 6.45) is 3.86. The van der Waals surface area contributed by atoms with Gasteiger partial charge in [0.25, 0.3) is 5.91 Å². The zero-order chi connectivity index (χ0) is 17.7. The molecule has 1 fully saturated rings. The summed E-state index contributed by atoms with van der Waals surface area (Å²) in [6, 6.07) is 2.39. The number of hydrogen-bond acceptors (Lipinski definition) is 5. The molecule has 1 aliphatic carbocycles. The third-order valence-corrected chi connectivity index (χ3v) is 4.52. The summed E-state index contributed by atoms with van der Waals surface area (Å²) in [7, 11) is 0. The lowest BCUT2D eigenvalue weighted by Gasteiger charge is -2.39. The fraction of sp³-hybridized carbons (Fsp3) is 0.625. The van der Waals surface area contributed by atoms with Gasteiger partial charge in [-0.1, -0.05) is 19.3 Å². The summed E-state index contributed by atoms with van der Waals surface area (Å²) in [5.41, 5.74) is -0.955. The Balaban J connectivity index is 2.23. The van der Waals surface area contributed by atoms with Crippen molar-refractivity contribution in [3.8, 4) is 0 Å². The van der Waals surface area contributed by atoms with E-state index in [0.717, 1.165) is 25.3 Å². The molecule has 8 heteroatoms. The van der Waals surface area contributed by atoms with Crippen molar-refractivity contribution in [2.24, 2.45) is 0 Å². The van der Waals surface area contributed by atoms with Gasteiger partial charge in [0.2, 0.25) is 5.91 Å². The highest BCUT2D eigenvalue weighted by molar-refractivity contribution is 5.97. The van der Waals surface area contributed by atoms with Crippen LogP contribution in [0.2, 0.25) is 0 Å². The Morgan fingerprint density at radius 1 is 1.25 bits per heavy atom. The van der Waals surface area contributed by atoms with Crippen LogP contribution in [0, 0.1) is 10.1 Å². The van der Waals surface area contributed by atoms with Gasteiger partial charge in [-0.2, -0.15) is 0 Å². The Labute approximate surface area is 140 Å². The van der Waals surface area contributed by atoms with Crippen molar-refractivity contribution in [1.82, 2.24) is 10.2 Å². The Hall–Kier alpha value is -2.38. The molecule has 0 bridgehead atoms. The number of amides is 2. The van der Waals surface area contributed by atoms with Crippen molar-refractivity contribution < 1.29 is 18.9 Å². The molecule has 1 N–H and O–H groups in total. The molecule has 0 unspecified atom stereocenters. The zero-order valence-electron chi connectivity index (χ0n) is 14.0. The van der Waals surface area contributed by atoms with Crippen LogP contribution in [0.1, 0.15) is 56.5 Å². The van der Waals surface area contributed by atoms with Crippen molar-refractivity contribution in [3.05, 3.63) is 28.0 Å². The van der Waals surface area contributed by atoms with Gasteiger partial charge < -0.3 is 14.6 Å². The van der Waals surface area contributed by atoms with Crippen LogP contribution in [0.5, 0.6) is 0 Å². The SMILES string of the molecule is CCN(CC)C(=O)C1(NC(=O)c2ccc([N+](=O)[O-])o2)CCCCC1. The molecule has 1 saturated carbocycles. The molecule has 8 nitrogen and oxygen atoms in total. The molecule has 0 atom stereocenters. The molecule has 0 spiro atoms. The summed E-state index contributed by atoms with van der Waals surface area (Å²) in [5, 5.41) is 13.5. The summed E-state index contributed by atoms with van der Waals surface area (Å²) >= 11 is 0. The van der Waals surface area contributed by atoms with Gasteiger partial charge in [0.05, 0.1) is 6.07 Å². The largest absolute Gasteiger partial charge is 0.433 e. The van der Waals surface area contributed by atoms with E-state index in [1.807, 2.05) is 13.8 Å². The van der Waals surface area contributed by atoms with E-state index >= 15 is 0 Å². The Morgan fingerprint density at radius 2 is 1.88 bits per heavy atom. The topological polar surface area (TPSA) is 106 Å². The lowest BCUT2D eigenvalue weighted by Crippen LogP contribution is -2.60. The van der Waals surface area contributed by atoms with Gasteiger partial charge in [-0.15, -0.1) is 0 Å². The van der Waals surface area contributed by atoms with E-state index in [1.165, 1.54) is 6.07 Å². The molecule has 0 aliphatic heterocycles. The second-order valence-electron chi connectivity index (χ2n) is 5.97. The number of rotatable bonds is 6. The minimum Gasteiger partial charge on any atom is -0.395 e. The van der Waals surface area contributed by atoms with Gasteiger partial charge in [-0.25, -0.2) is 0 Å². The van der Waals surface area contributed by atoms with Crippen LogP contribution in [0.4, 0.5) is 5.88 Å². The van der Waals surface area contributed by atoms with E-state index in [-0.39, 0.29) is 11.7 Å². The van der Waals surface area contributed by atoms with E-state index in [0.29, 0.717) is 25.9 Å². The summed E-state index contributed by atoms with van der Waals surface area (Å²) in [6.45, 7) is 4.93. The standard InChI is InChI=1S/C16H23N3O5/c1-3-18(4-2)15(21)16(10-6-5-7-11-16)17-14(20)12-8-9-13(24-12)19(22)23/h8-9H,3-7,10-11H2,1-2H3,(H,17,20). The lowest BCUT2D eigenvalue weighted by atomic mass is 9.80. The van der Waals surface area contributed by atoms with Crippen LogP contribution >= 0.6 is 0 Å². The van der Waals surface area contributed by atoms with E-state index < -0.39 is 22.3 Å². The minimum absolute atomic E-state index is 0.0957. The number of furan rings is 1. The first kappa shape index (κ1) is 18.0. The summed E-state index contributed by atoms with van der Waals surface area (Å²) in [4.78, 5) is 37.1. The zero-order valence-corrected chi connectivity index (χ0v) is 14.0. The van der Waals surface area contributed by atoms with Gasteiger partial charge >= 0.3 is 5.88 Å². The summed E-state index contributed by atoms with van der Waals surface area (Å²) in [5.74, 6) is -1.33. The van der Waals surface area contributed by atoms with Crippen LogP contribution in [0.3, 0.4) is 0 Å². The highest BCUT2D eigenvalue weighted by Gasteiger charge is 2.43. The van der Waals surface area contributed by atoms with E-state index in [1.54, 1.807) is 4.90 Å². The molecular formula is C16H23N3O5. The van der Waals surface area contributed by atoms with Gasteiger partial charge in [0.1, 0.15) is 10.5 Å². The van der Waals surface area contributed by atoms with Gasteiger partial charge in [-0.3, -0.25) is 19.7 Å². The lowest BCUT2D eigenvalue weighted by molar-refractivity contribution is -0.402. The minimum atomic E-state index is -0.955. The van der Waals surface area contributed by atoms with Gasteiger partial charge in [0, 0.05) is 13.1 Å². The first-order valence-electron chi connectivity index (χ1n) is 8.29. The van der Waals surface area contributed by atoms with Crippen LogP contribution in [-0.2, 0) is 4.79 Å². The van der Waals surface area contributed by atoms with Crippen LogP contribution < -0.4 is 5.32 Å². The highest BCUT2D eigenvalue weighted by atomic mass is 16.6. The van der Waals surface area contributed by atoms with Crippen molar-refractivity contribution in [3.63, 3.8) is 0 Å². The van der Waals surface area contributed by atoms with E-state index in [2.05, 4.69) is 5.32 Å². The molecule has 2 rings (SSSR count). The van der Waals surface area contributed by atoms with Gasteiger partial charge in [0.15, 0.2) is 5.76 Å². The van der Waals surface area contributed by atoms with Crippen molar-refractivity contribution in [2.45, 2.75) is 51.5 Å². The van der Waals surface area contributed by atoms with Gasteiger partial charge in [-0.05, 0) is 32.8 Å². The second kappa shape index (κ2) is 7.46. The second-order valence-corrected chi connectivity index (χ2v) is 5.97. The molecule has 24 heavy (non-hydrogen) atoms. The molecular weight excluding hydrogens is 314 g/mol. The Bertz CT molecular complexity index is 615. The van der Waals surface area contributed by atoms with Crippen molar-refractivity contribution in [1.29, 1.82) is 0 Å². The van der Waals surface area contributed by atoms with Crippen molar-refractivity contribution in [2.75, 3.05) is 13.1 Å². The maximum absolute atomic E-state index is 12.9. The quantitative estimate of drug-likeness (QED) is 0.634. The van der Waals surface area contributed by atoms with E-state index in [4.69, 9.17) is 4.42 Å². The first-order valence-corrected chi connectivity index (χ1v) is 8.29. The van der Waals surface area contributed by atoms with Crippen LogP contribution in [-0.4, -0.2) is 40.3 Å². The average Bonchev–Trinajstić information content (AvgIpc) is 3.07. The third-order valence-electron chi connectivity index (χ3n) is 4.52. The van der Waals surface area contributed by atoms with E-state index in [9.17, 15) is 19.7 Å². The number of carbonyl (C=O) groups is 2. The molecule has 1 aromatic rings. The molecule has 132 valence electrons. The normalized spacial score (nSPS) is 16.4. The third kappa shape index (κ3) is 3.58. The fourth-order valence-electron chi connectivity index (χ4n) is 3.19. The number of nitrogens with zero attached hydrogens (tertiary/aromatic N) is 2. The first-order chi connectivity index (χ1) is 11.4. The predicted molar refractivity (Wildman–Crippen MR) is 86.6 cm³/mol. The number of nitrogens with one attached hydrogen (secondary N) is 1. The average molecular weight is 337 g/mol. The molecule has 0 aromatic carbocycles. The monoisotopic (exact) mass is 337 g/mol. The molecule has 1 heterocycles. The maximum atomic E-state index is 12.9. The predicted octanol–water partition coefficient (Wildman–Crippen LogP) is 2.49.